The Morgan fingerprint density at radius 1 is 1.13 bits per heavy atom. The van der Waals surface area contributed by atoms with E-state index in [0.717, 1.165) is 6.34 Å². The van der Waals surface area contributed by atoms with Crippen molar-refractivity contribution in [1.82, 2.24) is 15.5 Å². The van der Waals surface area contributed by atoms with Crippen LogP contribution in [0.5, 0.6) is 0 Å². The number of rotatable bonds is 22. The minimum atomic E-state index is -5.58. The van der Waals surface area contributed by atoms with E-state index in [9.17, 15) is 57.9 Å². The molecule has 0 aromatic rings. The van der Waals surface area contributed by atoms with Crippen molar-refractivity contribution < 1.29 is 80.5 Å². The summed E-state index contributed by atoms with van der Waals surface area (Å²) in [5.41, 5.74) is 3.49. The van der Waals surface area contributed by atoms with Crippen LogP contribution < -0.4 is 16.4 Å². The van der Waals surface area contributed by atoms with Crippen LogP contribution in [0.2, 0.25) is 0 Å². The molecule has 8 atom stereocenters. The standard InChI is InChI=1S/C26H46N7O17P3S/c1-4-15(34)5-7-26(27)20-22(30-13-32-26)33(14-31-20)24-18(36)19(49-51(39,40)41)16(48-24)11-46-52(42,43)50-53(44,45)47-12-25(2,3)21(37)23(38)29-8-6-17(35)28-9-10-54/h13,16,18-19,21,24,36-37,54H,4-12,14,27H2,1-3H3,(H,28,35)(H,29,38)(H,42,43)(H,44,45)(H2,39,40,41)/t16-,18-,19-,21+,24-,26?/m1/s1. The maximum absolute atomic E-state index is 12.7. The number of hydrogen-bond donors (Lipinski definition) is 10. The number of ketones is 1. The van der Waals surface area contributed by atoms with Crippen molar-refractivity contribution in [2.75, 3.05) is 38.7 Å². The van der Waals surface area contributed by atoms with Gasteiger partial charge in [0, 0.05) is 43.5 Å². The largest absolute Gasteiger partial charge is 0.481 e. The number of amidine groups is 1. The van der Waals surface area contributed by atoms with E-state index < -0.39 is 84.3 Å². The Kier molecular flexibility index (Phi) is 16.3. The quantitative estimate of drug-likeness (QED) is 0.0429. The first-order valence-electron chi connectivity index (χ1n) is 16.2. The number of nitrogens with zero attached hydrogens (tertiary/aromatic N) is 4. The molecule has 10 N–H and O–H groups in total. The molecular weight excluding hydrogens is 807 g/mol. The predicted molar refractivity (Wildman–Crippen MR) is 190 cm³/mol. The molecule has 0 aromatic heterocycles. The molecule has 3 aliphatic rings. The van der Waals surface area contributed by atoms with Crippen molar-refractivity contribution >= 4 is 71.6 Å². The molecule has 3 heterocycles. The van der Waals surface area contributed by atoms with Crippen LogP contribution in [0.1, 0.15) is 46.5 Å². The maximum atomic E-state index is 12.7. The highest BCUT2D eigenvalue weighted by molar-refractivity contribution is 7.80. The second-order valence-electron chi connectivity index (χ2n) is 12.8. The molecule has 24 nitrogen and oxygen atoms in total. The van der Waals surface area contributed by atoms with E-state index in [1.807, 2.05) is 0 Å². The number of aliphatic imine (C=N–C) groups is 3. The summed E-state index contributed by atoms with van der Waals surface area (Å²) in [6.45, 7) is 2.09. The minimum absolute atomic E-state index is 0.0457. The number of aliphatic hydroxyl groups is 2. The smallest absolute Gasteiger partial charge is 0.386 e. The van der Waals surface area contributed by atoms with Crippen LogP contribution in [0, 0.1) is 5.41 Å². The van der Waals surface area contributed by atoms with Crippen molar-refractivity contribution in [3.8, 4) is 0 Å². The summed E-state index contributed by atoms with van der Waals surface area (Å²) in [5, 5.41) is 26.4. The van der Waals surface area contributed by atoms with Crippen LogP contribution in [0.15, 0.2) is 15.0 Å². The summed E-state index contributed by atoms with van der Waals surface area (Å²) < 4.78 is 61.4. The van der Waals surface area contributed by atoms with Crippen LogP contribution in [0.3, 0.4) is 0 Å². The van der Waals surface area contributed by atoms with Gasteiger partial charge in [0.25, 0.3) is 0 Å². The number of carbonyl (C=O) groups excluding carboxylic acids is 3. The molecule has 1 fully saturated rings. The average Bonchev–Trinajstić information content (AvgIpc) is 3.64. The molecule has 54 heavy (non-hydrogen) atoms. The third-order valence-electron chi connectivity index (χ3n) is 8.08. The Morgan fingerprint density at radius 2 is 1.80 bits per heavy atom. The number of amides is 2. The molecule has 3 aliphatic heterocycles. The molecule has 28 heteroatoms. The van der Waals surface area contributed by atoms with Gasteiger partial charge < -0.3 is 55.8 Å². The van der Waals surface area contributed by atoms with E-state index in [4.69, 9.17) is 24.0 Å². The number of fused-ring (bicyclic) bond motifs is 1. The van der Waals surface area contributed by atoms with Crippen LogP contribution in [-0.2, 0) is 50.7 Å². The number of phosphoric ester groups is 3. The minimum Gasteiger partial charge on any atom is -0.386 e. The number of hydrogen-bond acceptors (Lipinski definition) is 19. The Balaban J connectivity index is 1.62. The number of thiol groups is 1. The van der Waals surface area contributed by atoms with Gasteiger partial charge in [-0.05, 0) is 6.42 Å². The molecule has 1 saturated heterocycles. The summed E-state index contributed by atoms with van der Waals surface area (Å²) in [7, 11) is -16.4. The number of Topliss-reactive ketones (excluding diaryl/α,β-unsaturated/α-hetero) is 1. The lowest BCUT2D eigenvalue weighted by molar-refractivity contribution is -0.137. The molecule has 3 rings (SSSR count). The van der Waals surface area contributed by atoms with E-state index in [-0.39, 0.29) is 62.1 Å². The fourth-order valence-corrected chi connectivity index (χ4v) is 8.07. The van der Waals surface area contributed by atoms with E-state index in [2.05, 4.69) is 42.6 Å². The Morgan fingerprint density at radius 3 is 2.43 bits per heavy atom. The highest BCUT2D eigenvalue weighted by atomic mass is 32.1. The molecule has 0 saturated carbocycles. The highest BCUT2D eigenvalue weighted by Gasteiger charge is 2.54. The fraction of sp³-hybridized carbons (Fsp3) is 0.769. The van der Waals surface area contributed by atoms with Crippen molar-refractivity contribution in [3.63, 3.8) is 0 Å². The van der Waals surface area contributed by atoms with Crippen LogP contribution >= 0.6 is 36.1 Å². The molecule has 2 amide bonds. The number of carbonyl (C=O) groups is 3. The molecule has 0 radical (unpaired) electrons. The Bertz CT molecular complexity index is 1630. The van der Waals surface area contributed by atoms with Crippen molar-refractivity contribution in [3.05, 3.63) is 0 Å². The van der Waals surface area contributed by atoms with E-state index >= 15 is 0 Å². The maximum Gasteiger partial charge on any atom is 0.481 e. The van der Waals surface area contributed by atoms with Crippen molar-refractivity contribution in [1.29, 1.82) is 0 Å². The van der Waals surface area contributed by atoms with Gasteiger partial charge in [-0.1, -0.05) is 20.8 Å². The zero-order valence-electron chi connectivity index (χ0n) is 29.4. The van der Waals surface area contributed by atoms with Gasteiger partial charge in [-0.25, -0.2) is 23.7 Å². The first-order chi connectivity index (χ1) is 24.9. The lowest BCUT2D eigenvalue weighted by Crippen LogP contribution is -2.55. The van der Waals surface area contributed by atoms with E-state index in [1.165, 1.54) is 18.7 Å². The molecule has 3 unspecified atom stereocenters. The fourth-order valence-electron chi connectivity index (χ4n) is 5.13. The molecular formula is C26H46N7O17P3S. The SMILES string of the molecule is CCC(=O)CCC1(N)N=CN=C2C1=NCN2[C@@H]1O[C@H](COP(=O)(O)OP(=O)(O)OCC(C)(C)[C@@H](O)C(=O)NCCC(=O)NCCS)[C@@H](OP(=O)(O)O)[C@H]1O. The number of ether oxygens (including phenoxy) is 1. The van der Waals surface area contributed by atoms with Gasteiger partial charge in [-0.15, -0.1) is 0 Å². The van der Waals surface area contributed by atoms with Crippen molar-refractivity contribution in [2.45, 2.75) is 82.8 Å². The number of aliphatic hydroxyl groups excluding tert-OH is 2. The van der Waals surface area contributed by atoms with E-state index in [0.29, 0.717) is 12.3 Å². The lowest BCUT2D eigenvalue weighted by Gasteiger charge is -2.32. The van der Waals surface area contributed by atoms with Gasteiger partial charge in [0.05, 0.1) is 13.2 Å². The second-order valence-corrected chi connectivity index (χ2v) is 17.5. The normalized spacial score (nSPS) is 27.0. The van der Waals surface area contributed by atoms with Gasteiger partial charge >= 0.3 is 23.5 Å². The average molecular weight is 854 g/mol. The van der Waals surface area contributed by atoms with Crippen LogP contribution in [0.4, 0.5) is 0 Å². The number of nitrogens with one attached hydrogen (secondary N) is 2. The Labute approximate surface area is 314 Å². The first-order valence-corrected chi connectivity index (χ1v) is 21.4. The van der Waals surface area contributed by atoms with Crippen LogP contribution in [0.25, 0.3) is 0 Å². The van der Waals surface area contributed by atoms with Gasteiger partial charge in [0.2, 0.25) is 11.8 Å². The summed E-state index contributed by atoms with van der Waals surface area (Å²) in [6, 6.07) is 0. The molecule has 308 valence electrons. The Hall–Kier alpha value is -2.02. The topological polar surface area (TPSA) is 360 Å². The lowest BCUT2D eigenvalue weighted by atomic mass is 9.87. The number of nitrogens with two attached hydrogens (primary N) is 1. The molecule has 0 aliphatic carbocycles. The molecule has 0 bridgehead atoms. The summed E-state index contributed by atoms with van der Waals surface area (Å²) in [6.07, 6.45) is -7.56. The highest BCUT2D eigenvalue weighted by Crippen LogP contribution is 2.61. The summed E-state index contributed by atoms with van der Waals surface area (Å²) >= 11 is 3.96. The van der Waals surface area contributed by atoms with Gasteiger partial charge in [0.1, 0.15) is 48.9 Å². The summed E-state index contributed by atoms with van der Waals surface area (Å²) in [4.78, 5) is 89.3. The monoisotopic (exact) mass is 853 g/mol. The van der Waals surface area contributed by atoms with Crippen molar-refractivity contribution in [2.24, 2.45) is 26.1 Å². The third kappa shape index (κ3) is 13.0. The predicted octanol–water partition coefficient (Wildman–Crippen LogP) is -1.69. The third-order valence-corrected chi connectivity index (χ3v) is 11.4. The van der Waals surface area contributed by atoms with E-state index in [1.54, 1.807) is 6.92 Å². The zero-order chi connectivity index (χ0) is 40.7. The van der Waals surface area contributed by atoms with Gasteiger partial charge in [-0.2, -0.15) is 16.9 Å². The van der Waals surface area contributed by atoms with Gasteiger partial charge in [0.15, 0.2) is 17.7 Å². The second kappa shape index (κ2) is 18.9. The van der Waals surface area contributed by atoms with Crippen LogP contribution in [-0.4, -0.2) is 145 Å². The molecule has 0 spiro atoms. The zero-order valence-corrected chi connectivity index (χ0v) is 32.9. The number of phosphoric acid groups is 3. The summed E-state index contributed by atoms with van der Waals surface area (Å²) in [5.74, 6) is -0.963. The van der Waals surface area contributed by atoms with Gasteiger partial charge in [-0.3, -0.25) is 32.9 Å². The molecule has 0 aromatic carbocycles. The first kappa shape index (κ1) is 46.4.